The number of esters is 1. The van der Waals surface area contributed by atoms with Crippen LogP contribution in [0.25, 0.3) is 0 Å². The molecule has 0 heterocycles. The summed E-state index contributed by atoms with van der Waals surface area (Å²) in [4.78, 5) is 27.0. The Morgan fingerprint density at radius 2 is 1.69 bits per heavy atom. The lowest BCUT2D eigenvalue weighted by Crippen LogP contribution is -2.38. The molecule has 0 atom stereocenters. The van der Waals surface area contributed by atoms with Crippen LogP contribution in [0.5, 0.6) is 0 Å². The maximum absolute atomic E-state index is 11.8. The molecular formula is C21H34N4O4. The maximum Gasteiger partial charge on any atom is 0.412 e. The lowest BCUT2D eigenvalue weighted by molar-refractivity contribution is -0.140. The number of carbonyl (C=O) groups excluding carboxylic acids is 2. The molecule has 0 aliphatic heterocycles. The highest BCUT2D eigenvalue weighted by atomic mass is 16.6. The van der Waals surface area contributed by atoms with Gasteiger partial charge in [-0.3, -0.25) is 15.1 Å². The normalized spacial score (nSPS) is 11.6. The van der Waals surface area contributed by atoms with Crippen molar-refractivity contribution < 1.29 is 19.1 Å². The van der Waals surface area contributed by atoms with Gasteiger partial charge in [-0.15, -0.1) is 0 Å². The van der Waals surface area contributed by atoms with Gasteiger partial charge in [-0.05, 0) is 57.7 Å². The van der Waals surface area contributed by atoms with Gasteiger partial charge < -0.3 is 20.1 Å². The molecule has 0 bridgehead atoms. The van der Waals surface area contributed by atoms with Crippen LogP contribution in [0.4, 0.5) is 10.5 Å². The Kier molecular flexibility index (Phi) is 10.6. The van der Waals surface area contributed by atoms with Crippen LogP contribution >= 0.6 is 0 Å². The summed E-state index contributed by atoms with van der Waals surface area (Å²) in [7, 11) is 3.12. The van der Waals surface area contributed by atoms with E-state index < -0.39 is 11.7 Å². The minimum atomic E-state index is -0.524. The summed E-state index contributed by atoms with van der Waals surface area (Å²) >= 11 is 0. The van der Waals surface area contributed by atoms with Gasteiger partial charge in [0.2, 0.25) is 0 Å². The van der Waals surface area contributed by atoms with Gasteiger partial charge in [-0.2, -0.15) is 0 Å². The third-order valence-corrected chi connectivity index (χ3v) is 3.86. The number of ether oxygens (including phenoxy) is 2. The van der Waals surface area contributed by atoms with Crippen LogP contribution < -0.4 is 16.0 Å². The second-order valence-electron chi connectivity index (χ2n) is 7.53. The van der Waals surface area contributed by atoms with E-state index in [-0.39, 0.29) is 5.97 Å². The molecule has 1 amide bonds. The average molecular weight is 407 g/mol. The molecule has 3 N–H and O–H groups in total. The van der Waals surface area contributed by atoms with E-state index in [0.717, 1.165) is 43.9 Å². The van der Waals surface area contributed by atoms with E-state index in [2.05, 4.69) is 25.7 Å². The monoisotopic (exact) mass is 406 g/mol. The van der Waals surface area contributed by atoms with Gasteiger partial charge >= 0.3 is 12.1 Å². The van der Waals surface area contributed by atoms with E-state index in [1.807, 2.05) is 45.0 Å². The van der Waals surface area contributed by atoms with Crippen LogP contribution in [0.2, 0.25) is 0 Å². The highest BCUT2D eigenvalue weighted by molar-refractivity contribution is 5.84. The molecule has 0 aliphatic carbocycles. The van der Waals surface area contributed by atoms with Crippen molar-refractivity contribution in [3.63, 3.8) is 0 Å². The van der Waals surface area contributed by atoms with Crippen molar-refractivity contribution in [1.82, 2.24) is 10.6 Å². The Bertz CT molecular complexity index is 666. The quantitative estimate of drug-likeness (QED) is 0.252. The zero-order valence-corrected chi connectivity index (χ0v) is 18.1. The number of hydrogen-bond acceptors (Lipinski definition) is 5. The SMILES string of the molecule is CN=C(NCCCCC(=O)OC)NCCc1ccc(NC(=O)OC(C)(C)C)cc1. The van der Waals surface area contributed by atoms with E-state index >= 15 is 0 Å². The van der Waals surface area contributed by atoms with E-state index in [0.29, 0.717) is 12.1 Å². The van der Waals surface area contributed by atoms with Gasteiger partial charge in [-0.25, -0.2) is 4.79 Å². The van der Waals surface area contributed by atoms with Crippen LogP contribution in [0.1, 0.15) is 45.6 Å². The smallest absolute Gasteiger partial charge is 0.412 e. The molecule has 0 unspecified atom stereocenters. The second kappa shape index (κ2) is 12.6. The number of hydrogen-bond donors (Lipinski definition) is 3. The predicted molar refractivity (Wildman–Crippen MR) is 115 cm³/mol. The molecular weight excluding hydrogens is 372 g/mol. The summed E-state index contributed by atoms with van der Waals surface area (Å²) in [5, 5.41) is 9.20. The fourth-order valence-corrected chi connectivity index (χ4v) is 2.43. The lowest BCUT2D eigenvalue weighted by atomic mass is 10.1. The first-order valence-electron chi connectivity index (χ1n) is 9.84. The Morgan fingerprint density at radius 3 is 2.28 bits per heavy atom. The second-order valence-corrected chi connectivity index (χ2v) is 7.53. The molecule has 0 aliphatic rings. The number of nitrogens with zero attached hydrogens (tertiary/aromatic N) is 1. The predicted octanol–water partition coefficient (Wildman–Crippen LogP) is 3.08. The Hall–Kier alpha value is -2.77. The summed E-state index contributed by atoms with van der Waals surface area (Å²) in [6.07, 6.45) is 2.43. The Morgan fingerprint density at radius 1 is 1.03 bits per heavy atom. The average Bonchev–Trinajstić information content (AvgIpc) is 2.65. The van der Waals surface area contributed by atoms with Crippen LogP contribution in [0.3, 0.4) is 0 Å². The van der Waals surface area contributed by atoms with Crippen LogP contribution in [0.15, 0.2) is 29.3 Å². The fraction of sp³-hybridized carbons (Fsp3) is 0.571. The van der Waals surface area contributed by atoms with Gasteiger partial charge in [0.05, 0.1) is 7.11 Å². The first-order valence-corrected chi connectivity index (χ1v) is 9.84. The Balaban J connectivity index is 2.29. The summed E-state index contributed by atoms with van der Waals surface area (Å²) < 4.78 is 9.85. The standard InChI is InChI=1S/C21H34N4O4/c1-21(2,3)29-20(27)25-17-11-9-16(10-12-17)13-15-24-19(22-4)23-14-7-6-8-18(26)28-5/h9-12H,6-8,13-15H2,1-5H3,(H,25,27)(H2,22,23,24). The van der Waals surface area contributed by atoms with E-state index in [1.165, 1.54) is 7.11 Å². The number of rotatable bonds is 9. The first kappa shape index (κ1) is 24.3. The summed E-state index contributed by atoms with van der Waals surface area (Å²) in [5.41, 5.74) is 1.31. The molecule has 0 saturated heterocycles. The molecule has 8 heteroatoms. The third-order valence-electron chi connectivity index (χ3n) is 3.86. The van der Waals surface area contributed by atoms with Crippen molar-refractivity contribution >= 4 is 23.7 Å². The number of aliphatic imine (C=N–C) groups is 1. The van der Waals surface area contributed by atoms with Crippen LogP contribution in [-0.2, 0) is 20.7 Å². The molecule has 0 aromatic heterocycles. The number of benzene rings is 1. The lowest BCUT2D eigenvalue weighted by Gasteiger charge is -2.19. The van der Waals surface area contributed by atoms with Gasteiger partial charge in [0.25, 0.3) is 0 Å². The molecule has 1 aromatic rings. The van der Waals surface area contributed by atoms with Crippen molar-refractivity contribution in [2.45, 2.75) is 52.1 Å². The van der Waals surface area contributed by atoms with Crippen molar-refractivity contribution in [1.29, 1.82) is 0 Å². The molecule has 162 valence electrons. The van der Waals surface area contributed by atoms with E-state index in [1.54, 1.807) is 7.05 Å². The minimum absolute atomic E-state index is 0.181. The van der Waals surface area contributed by atoms with Crippen LogP contribution in [0, 0.1) is 0 Å². The molecule has 0 spiro atoms. The van der Waals surface area contributed by atoms with E-state index in [4.69, 9.17) is 4.74 Å². The van der Waals surface area contributed by atoms with Gasteiger partial charge in [0.1, 0.15) is 5.60 Å². The molecule has 0 fully saturated rings. The Labute approximate surface area is 173 Å². The number of guanidine groups is 1. The molecule has 8 nitrogen and oxygen atoms in total. The summed E-state index contributed by atoms with van der Waals surface area (Å²) in [6, 6.07) is 7.65. The summed E-state index contributed by atoms with van der Waals surface area (Å²) in [5.74, 6) is 0.547. The maximum atomic E-state index is 11.8. The van der Waals surface area contributed by atoms with Gasteiger partial charge in [0.15, 0.2) is 5.96 Å². The minimum Gasteiger partial charge on any atom is -0.469 e. The fourth-order valence-electron chi connectivity index (χ4n) is 2.43. The number of carbonyl (C=O) groups is 2. The number of nitrogens with one attached hydrogen (secondary N) is 3. The van der Waals surface area contributed by atoms with Gasteiger partial charge in [-0.1, -0.05) is 12.1 Å². The summed E-state index contributed by atoms with van der Waals surface area (Å²) in [6.45, 7) is 6.94. The number of anilines is 1. The van der Waals surface area contributed by atoms with Crippen molar-refractivity contribution in [3.05, 3.63) is 29.8 Å². The third kappa shape index (κ3) is 11.6. The molecule has 1 rings (SSSR count). The highest BCUT2D eigenvalue weighted by Gasteiger charge is 2.16. The van der Waals surface area contributed by atoms with Gasteiger partial charge in [0, 0.05) is 32.2 Å². The molecule has 0 radical (unpaired) electrons. The van der Waals surface area contributed by atoms with Crippen molar-refractivity contribution in [2.75, 3.05) is 32.6 Å². The topological polar surface area (TPSA) is 101 Å². The zero-order valence-electron chi connectivity index (χ0n) is 18.1. The van der Waals surface area contributed by atoms with Crippen molar-refractivity contribution in [2.24, 2.45) is 4.99 Å². The van der Waals surface area contributed by atoms with E-state index in [9.17, 15) is 9.59 Å². The number of unbranched alkanes of at least 4 members (excludes halogenated alkanes) is 1. The number of methoxy groups -OCH3 is 1. The highest BCUT2D eigenvalue weighted by Crippen LogP contribution is 2.13. The molecule has 1 aromatic carbocycles. The number of amides is 1. The first-order chi connectivity index (χ1) is 13.7. The molecule has 0 saturated carbocycles. The van der Waals surface area contributed by atoms with Crippen molar-refractivity contribution in [3.8, 4) is 0 Å². The largest absolute Gasteiger partial charge is 0.469 e. The molecule has 29 heavy (non-hydrogen) atoms. The zero-order chi connectivity index (χ0) is 21.7. The van der Waals surface area contributed by atoms with Crippen LogP contribution in [-0.4, -0.2) is 50.9 Å².